The van der Waals surface area contributed by atoms with Gasteiger partial charge in [0.05, 0.1) is 18.0 Å². The van der Waals surface area contributed by atoms with E-state index in [-0.39, 0.29) is 6.10 Å². The highest BCUT2D eigenvalue weighted by Crippen LogP contribution is 2.09. The zero-order chi connectivity index (χ0) is 15.4. The van der Waals surface area contributed by atoms with Crippen molar-refractivity contribution in [3.8, 4) is 0 Å². The van der Waals surface area contributed by atoms with E-state index >= 15 is 0 Å². The van der Waals surface area contributed by atoms with Crippen LogP contribution in [0, 0.1) is 6.92 Å². The van der Waals surface area contributed by atoms with E-state index in [1.807, 2.05) is 42.6 Å². The van der Waals surface area contributed by atoms with Crippen LogP contribution in [0.3, 0.4) is 0 Å². The number of aliphatic hydroxyl groups is 1. The van der Waals surface area contributed by atoms with Gasteiger partial charge in [-0.25, -0.2) is 4.98 Å². The lowest BCUT2D eigenvalue weighted by Gasteiger charge is -2.12. The summed E-state index contributed by atoms with van der Waals surface area (Å²) in [5, 5.41) is 13.4. The normalized spacial score (nSPS) is 12.6. The number of nitrogens with zero attached hydrogens (tertiary/aromatic N) is 2. The lowest BCUT2D eigenvalue weighted by atomic mass is 10.1. The molecule has 4 heteroatoms. The van der Waals surface area contributed by atoms with Gasteiger partial charge >= 0.3 is 0 Å². The van der Waals surface area contributed by atoms with Crippen molar-refractivity contribution in [1.29, 1.82) is 0 Å². The summed E-state index contributed by atoms with van der Waals surface area (Å²) in [6, 6.07) is 14.1. The molecule has 114 valence electrons. The molecule has 0 aliphatic rings. The molecule has 0 saturated carbocycles. The van der Waals surface area contributed by atoms with Gasteiger partial charge in [-0.15, -0.1) is 0 Å². The number of hydrogen-bond acceptors (Lipinski definition) is 3. The molecule has 0 spiro atoms. The van der Waals surface area contributed by atoms with Gasteiger partial charge in [0, 0.05) is 19.3 Å². The van der Waals surface area contributed by atoms with Crippen molar-refractivity contribution in [2.24, 2.45) is 0 Å². The zero-order valence-corrected chi connectivity index (χ0v) is 12.7. The van der Waals surface area contributed by atoms with E-state index in [2.05, 4.69) is 33.9 Å². The van der Waals surface area contributed by atoms with Gasteiger partial charge in [-0.2, -0.15) is 0 Å². The molecule has 0 bridgehead atoms. The van der Waals surface area contributed by atoms with Crippen LogP contribution in [-0.4, -0.2) is 27.1 Å². The number of hydrogen-bond donors (Lipinski definition) is 2. The molecule has 22 heavy (non-hydrogen) atoms. The maximum absolute atomic E-state index is 10.1. The highest BCUT2D eigenvalue weighted by atomic mass is 16.3. The van der Waals surface area contributed by atoms with Crippen LogP contribution >= 0.6 is 0 Å². The van der Waals surface area contributed by atoms with E-state index in [1.165, 1.54) is 5.56 Å². The Hall–Kier alpha value is -2.17. The van der Waals surface area contributed by atoms with Crippen molar-refractivity contribution in [1.82, 2.24) is 14.7 Å². The summed E-state index contributed by atoms with van der Waals surface area (Å²) in [5.74, 6) is 0. The van der Waals surface area contributed by atoms with E-state index < -0.39 is 0 Å². The number of rotatable bonds is 6. The minimum Gasteiger partial charge on any atom is -0.391 e. The second-order valence-electron chi connectivity index (χ2n) is 5.66. The van der Waals surface area contributed by atoms with Gasteiger partial charge < -0.3 is 14.8 Å². The Bertz CT molecular complexity index is 736. The quantitative estimate of drug-likeness (QED) is 0.734. The Balaban J connectivity index is 1.55. The number of aromatic nitrogens is 2. The number of fused-ring (bicyclic) bond motifs is 1. The molecule has 2 aromatic heterocycles. The molecule has 2 N–H and O–H groups in total. The van der Waals surface area contributed by atoms with Gasteiger partial charge in [0.1, 0.15) is 5.65 Å². The molecule has 0 fully saturated rings. The van der Waals surface area contributed by atoms with E-state index in [1.54, 1.807) is 0 Å². The summed E-state index contributed by atoms with van der Waals surface area (Å²) < 4.78 is 2.09. The molecule has 0 aliphatic heterocycles. The van der Waals surface area contributed by atoms with Gasteiger partial charge in [-0.3, -0.25) is 0 Å². The lowest BCUT2D eigenvalue weighted by Crippen LogP contribution is -2.28. The highest BCUT2D eigenvalue weighted by molar-refractivity contribution is 5.41. The fourth-order valence-electron chi connectivity index (χ4n) is 2.59. The van der Waals surface area contributed by atoms with Crippen molar-refractivity contribution >= 4 is 5.65 Å². The molecule has 0 saturated heterocycles. The lowest BCUT2D eigenvalue weighted by molar-refractivity contribution is 0.171. The Labute approximate surface area is 130 Å². The van der Waals surface area contributed by atoms with Crippen LogP contribution in [0.4, 0.5) is 0 Å². The molecule has 1 unspecified atom stereocenters. The first-order chi connectivity index (χ1) is 10.7. The Morgan fingerprint density at radius 2 is 2.00 bits per heavy atom. The molecule has 0 aliphatic carbocycles. The average molecular weight is 295 g/mol. The second-order valence-corrected chi connectivity index (χ2v) is 5.66. The Morgan fingerprint density at radius 1 is 1.18 bits per heavy atom. The first kappa shape index (κ1) is 14.8. The van der Waals surface area contributed by atoms with E-state index in [0.29, 0.717) is 19.5 Å². The largest absolute Gasteiger partial charge is 0.391 e. The third-order valence-electron chi connectivity index (χ3n) is 3.73. The molecular weight excluding hydrogens is 274 g/mol. The number of nitrogens with one attached hydrogen (secondary N) is 1. The van der Waals surface area contributed by atoms with Gasteiger partial charge in [-0.1, -0.05) is 36.4 Å². The average Bonchev–Trinajstić information content (AvgIpc) is 2.91. The topological polar surface area (TPSA) is 49.6 Å². The number of aliphatic hydroxyl groups excluding tert-OH is 1. The van der Waals surface area contributed by atoms with E-state index in [0.717, 1.165) is 16.9 Å². The molecule has 4 nitrogen and oxygen atoms in total. The summed E-state index contributed by atoms with van der Waals surface area (Å²) in [7, 11) is 0. The fraction of sp³-hybridized carbons (Fsp3) is 0.278. The van der Waals surface area contributed by atoms with E-state index in [9.17, 15) is 5.11 Å². The molecule has 3 aromatic rings. The minimum absolute atomic E-state index is 0.386. The third-order valence-corrected chi connectivity index (χ3v) is 3.73. The fourth-order valence-corrected chi connectivity index (χ4v) is 2.59. The Morgan fingerprint density at radius 3 is 2.82 bits per heavy atom. The SMILES string of the molecule is Cc1ccc2ncc(CNCC(O)Cc3ccccc3)n2c1. The van der Waals surface area contributed by atoms with Crippen LogP contribution < -0.4 is 5.32 Å². The van der Waals surface area contributed by atoms with Crippen molar-refractivity contribution in [3.05, 3.63) is 71.7 Å². The molecule has 2 heterocycles. The van der Waals surface area contributed by atoms with Crippen molar-refractivity contribution in [3.63, 3.8) is 0 Å². The molecule has 1 atom stereocenters. The highest BCUT2D eigenvalue weighted by Gasteiger charge is 2.07. The predicted molar refractivity (Wildman–Crippen MR) is 87.8 cm³/mol. The van der Waals surface area contributed by atoms with Crippen LogP contribution in [0.25, 0.3) is 5.65 Å². The first-order valence-electron chi connectivity index (χ1n) is 7.57. The van der Waals surface area contributed by atoms with E-state index in [4.69, 9.17) is 0 Å². The van der Waals surface area contributed by atoms with Crippen LogP contribution in [-0.2, 0) is 13.0 Å². The summed E-state index contributed by atoms with van der Waals surface area (Å²) >= 11 is 0. The molecule has 0 amide bonds. The number of benzene rings is 1. The second kappa shape index (κ2) is 6.73. The maximum Gasteiger partial charge on any atom is 0.136 e. The zero-order valence-electron chi connectivity index (χ0n) is 12.7. The van der Waals surface area contributed by atoms with Crippen LogP contribution in [0.5, 0.6) is 0 Å². The molecule has 0 radical (unpaired) electrons. The monoisotopic (exact) mass is 295 g/mol. The third kappa shape index (κ3) is 3.53. The van der Waals surface area contributed by atoms with Gasteiger partial charge in [-0.05, 0) is 30.5 Å². The smallest absolute Gasteiger partial charge is 0.136 e. The summed E-state index contributed by atoms with van der Waals surface area (Å²) in [4.78, 5) is 4.39. The summed E-state index contributed by atoms with van der Waals surface area (Å²) in [5.41, 5.74) is 4.41. The predicted octanol–water partition coefficient (Wildman–Crippen LogP) is 2.34. The molecule has 3 rings (SSSR count). The van der Waals surface area contributed by atoms with Crippen molar-refractivity contribution < 1.29 is 5.11 Å². The van der Waals surface area contributed by atoms with Crippen molar-refractivity contribution in [2.75, 3.05) is 6.54 Å². The van der Waals surface area contributed by atoms with Gasteiger partial charge in [0.2, 0.25) is 0 Å². The molecule has 1 aromatic carbocycles. The van der Waals surface area contributed by atoms with Crippen LogP contribution in [0.2, 0.25) is 0 Å². The van der Waals surface area contributed by atoms with Crippen LogP contribution in [0.15, 0.2) is 54.9 Å². The number of aryl methyl sites for hydroxylation is 1. The molecular formula is C18H21N3O. The Kier molecular flexibility index (Phi) is 4.51. The maximum atomic E-state index is 10.1. The standard InChI is InChI=1S/C18H21N3O/c1-14-7-8-18-20-11-16(21(18)13-14)10-19-12-17(22)9-15-5-3-2-4-6-15/h2-8,11,13,17,19,22H,9-10,12H2,1H3. The summed E-state index contributed by atoms with van der Waals surface area (Å²) in [6.07, 6.45) is 4.24. The number of imidazole rings is 1. The van der Waals surface area contributed by atoms with Gasteiger partial charge in [0.15, 0.2) is 0 Å². The summed E-state index contributed by atoms with van der Waals surface area (Å²) in [6.45, 7) is 3.32. The van der Waals surface area contributed by atoms with Crippen LogP contribution in [0.1, 0.15) is 16.8 Å². The number of pyridine rings is 1. The van der Waals surface area contributed by atoms with Crippen molar-refractivity contribution in [2.45, 2.75) is 26.0 Å². The van der Waals surface area contributed by atoms with Gasteiger partial charge in [0.25, 0.3) is 0 Å². The minimum atomic E-state index is -0.386. The first-order valence-corrected chi connectivity index (χ1v) is 7.57.